The van der Waals surface area contributed by atoms with Gasteiger partial charge in [0.15, 0.2) is 0 Å². The van der Waals surface area contributed by atoms with Crippen molar-refractivity contribution in [3.63, 3.8) is 0 Å². The molecule has 4 rings (SSSR count). The molecule has 6 nitrogen and oxygen atoms in total. The van der Waals surface area contributed by atoms with Crippen LogP contribution in [0.3, 0.4) is 0 Å². The molecule has 3 aromatic rings. The van der Waals surface area contributed by atoms with Crippen molar-refractivity contribution in [2.45, 2.75) is 37.2 Å². The second-order valence-electron chi connectivity index (χ2n) is 8.09. The van der Waals surface area contributed by atoms with Crippen LogP contribution in [-0.2, 0) is 27.8 Å². The normalized spacial score (nSPS) is 16.0. The molecule has 0 aliphatic carbocycles. The van der Waals surface area contributed by atoms with Gasteiger partial charge in [0.25, 0.3) is 0 Å². The predicted molar refractivity (Wildman–Crippen MR) is 127 cm³/mol. The van der Waals surface area contributed by atoms with E-state index in [0.29, 0.717) is 19.6 Å². The standard InChI is InChI=1S/C26H27FN2O4S/c1-2-33-22-11-7-19(8-12-22)18-28-26(30)17-25-24-6-4-3-5-20(24)15-16-29(25)34(31,32)23-13-9-21(27)10-14-23/h3-14,25H,2,15-18H2,1H3,(H,28,30). The van der Waals surface area contributed by atoms with Crippen LogP contribution in [0, 0.1) is 5.82 Å². The van der Waals surface area contributed by atoms with Crippen molar-refractivity contribution in [1.82, 2.24) is 9.62 Å². The van der Waals surface area contributed by atoms with E-state index in [0.717, 1.165) is 34.6 Å². The fraction of sp³-hybridized carbons (Fsp3) is 0.269. The molecular formula is C26H27FN2O4S. The number of sulfonamides is 1. The number of carbonyl (C=O) groups is 1. The van der Waals surface area contributed by atoms with E-state index in [9.17, 15) is 17.6 Å². The van der Waals surface area contributed by atoms with Crippen LogP contribution in [0.2, 0.25) is 0 Å². The Bertz CT molecular complexity index is 1240. The van der Waals surface area contributed by atoms with E-state index >= 15 is 0 Å². The van der Waals surface area contributed by atoms with Crippen molar-refractivity contribution >= 4 is 15.9 Å². The van der Waals surface area contributed by atoms with Gasteiger partial charge in [0.05, 0.1) is 17.5 Å². The van der Waals surface area contributed by atoms with Crippen LogP contribution in [0.15, 0.2) is 77.7 Å². The molecule has 1 unspecified atom stereocenters. The topological polar surface area (TPSA) is 75.7 Å². The highest BCUT2D eigenvalue weighted by Gasteiger charge is 2.37. The van der Waals surface area contributed by atoms with Crippen molar-refractivity contribution < 1.29 is 22.3 Å². The van der Waals surface area contributed by atoms with Crippen LogP contribution in [0.25, 0.3) is 0 Å². The number of carbonyl (C=O) groups excluding carboxylic acids is 1. The summed E-state index contributed by atoms with van der Waals surface area (Å²) in [5.41, 5.74) is 2.75. The molecule has 0 spiro atoms. The Hall–Kier alpha value is -3.23. The van der Waals surface area contributed by atoms with Gasteiger partial charge in [0.2, 0.25) is 15.9 Å². The molecule has 1 atom stereocenters. The van der Waals surface area contributed by atoms with E-state index < -0.39 is 21.9 Å². The van der Waals surface area contributed by atoms with Crippen LogP contribution in [-0.4, -0.2) is 31.8 Å². The highest BCUT2D eigenvalue weighted by atomic mass is 32.2. The molecule has 8 heteroatoms. The third kappa shape index (κ3) is 5.29. The predicted octanol–water partition coefficient (Wildman–Crippen LogP) is 4.22. The SMILES string of the molecule is CCOc1ccc(CNC(=O)CC2c3ccccc3CCN2S(=O)(=O)c2ccc(F)cc2)cc1. The Kier molecular flexibility index (Phi) is 7.29. The lowest BCUT2D eigenvalue weighted by Crippen LogP contribution is -2.42. The Balaban J connectivity index is 1.53. The summed E-state index contributed by atoms with van der Waals surface area (Å²) in [5.74, 6) is 0.00100. The summed E-state index contributed by atoms with van der Waals surface area (Å²) in [6.07, 6.45) is 0.523. The van der Waals surface area contributed by atoms with E-state index in [1.54, 1.807) is 0 Å². The van der Waals surface area contributed by atoms with E-state index in [1.165, 1.54) is 16.4 Å². The van der Waals surface area contributed by atoms with E-state index in [4.69, 9.17) is 4.74 Å². The maximum atomic E-state index is 13.4. The molecule has 0 fully saturated rings. The minimum atomic E-state index is -3.92. The van der Waals surface area contributed by atoms with E-state index in [2.05, 4.69) is 5.32 Å². The van der Waals surface area contributed by atoms with Crippen LogP contribution in [0.5, 0.6) is 5.75 Å². The number of fused-ring (bicyclic) bond motifs is 1. The zero-order valence-electron chi connectivity index (χ0n) is 18.9. The van der Waals surface area contributed by atoms with Crippen LogP contribution >= 0.6 is 0 Å². The van der Waals surface area contributed by atoms with Crippen LogP contribution in [0.4, 0.5) is 4.39 Å². The highest BCUT2D eigenvalue weighted by molar-refractivity contribution is 7.89. The van der Waals surface area contributed by atoms with Gasteiger partial charge in [-0.05, 0) is 66.4 Å². The van der Waals surface area contributed by atoms with Gasteiger partial charge in [-0.25, -0.2) is 12.8 Å². The number of nitrogens with zero attached hydrogens (tertiary/aromatic N) is 1. The lowest BCUT2D eigenvalue weighted by Gasteiger charge is -2.36. The Labute approximate surface area is 199 Å². The van der Waals surface area contributed by atoms with E-state index in [-0.39, 0.29) is 23.8 Å². The summed E-state index contributed by atoms with van der Waals surface area (Å²) < 4.78 is 47.0. The minimum Gasteiger partial charge on any atom is -0.494 e. The fourth-order valence-electron chi connectivity index (χ4n) is 4.19. The molecule has 178 valence electrons. The zero-order valence-corrected chi connectivity index (χ0v) is 19.7. The summed E-state index contributed by atoms with van der Waals surface area (Å²) in [6, 6.07) is 19.2. The summed E-state index contributed by atoms with van der Waals surface area (Å²) in [4.78, 5) is 12.9. The molecule has 0 saturated heterocycles. The second-order valence-corrected chi connectivity index (χ2v) is 9.98. The molecule has 1 N–H and O–H groups in total. The number of nitrogens with one attached hydrogen (secondary N) is 1. The molecular weight excluding hydrogens is 455 g/mol. The Morgan fingerprint density at radius 1 is 1.06 bits per heavy atom. The van der Waals surface area contributed by atoms with Gasteiger partial charge in [-0.15, -0.1) is 0 Å². The average Bonchev–Trinajstić information content (AvgIpc) is 2.84. The van der Waals surface area contributed by atoms with Crippen molar-refractivity contribution in [2.24, 2.45) is 0 Å². The largest absolute Gasteiger partial charge is 0.494 e. The summed E-state index contributed by atoms with van der Waals surface area (Å²) in [5, 5.41) is 2.90. The minimum absolute atomic E-state index is 0.00748. The molecule has 3 aromatic carbocycles. The first kappa shape index (κ1) is 23.9. The first-order valence-corrected chi connectivity index (χ1v) is 12.7. The Morgan fingerprint density at radius 3 is 2.47 bits per heavy atom. The third-order valence-electron chi connectivity index (χ3n) is 5.89. The van der Waals surface area contributed by atoms with Crippen molar-refractivity contribution in [3.8, 4) is 5.75 Å². The first-order chi connectivity index (χ1) is 16.4. The summed E-state index contributed by atoms with van der Waals surface area (Å²) in [7, 11) is -3.92. The molecule has 0 bridgehead atoms. The molecule has 34 heavy (non-hydrogen) atoms. The number of hydrogen-bond acceptors (Lipinski definition) is 4. The maximum absolute atomic E-state index is 13.4. The quantitative estimate of drug-likeness (QED) is 0.522. The molecule has 1 aliphatic heterocycles. The van der Waals surface area contributed by atoms with Crippen molar-refractivity contribution in [1.29, 1.82) is 0 Å². The zero-order chi connectivity index (χ0) is 24.1. The van der Waals surface area contributed by atoms with Gasteiger partial charge in [-0.1, -0.05) is 36.4 Å². The smallest absolute Gasteiger partial charge is 0.243 e. The number of hydrogen-bond donors (Lipinski definition) is 1. The van der Waals surface area contributed by atoms with Crippen LogP contribution in [0.1, 0.15) is 36.1 Å². The molecule has 1 amide bonds. The molecule has 1 aliphatic rings. The number of amides is 1. The molecule has 1 heterocycles. The number of benzene rings is 3. The second kappa shape index (κ2) is 10.4. The fourth-order valence-corrected chi connectivity index (χ4v) is 5.79. The monoisotopic (exact) mass is 482 g/mol. The summed E-state index contributed by atoms with van der Waals surface area (Å²) in [6.45, 7) is 3.06. The van der Waals surface area contributed by atoms with Gasteiger partial charge in [-0.2, -0.15) is 4.31 Å². The first-order valence-electron chi connectivity index (χ1n) is 11.2. The van der Waals surface area contributed by atoms with Crippen molar-refractivity contribution in [2.75, 3.05) is 13.2 Å². The van der Waals surface area contributed by atoms with Gasteiger partial charge in [-0.3, -0.25) is 4.79 Å². The van der Waals surface area contributed by atoms with Gasteiger partial charge in [0.1, 0.15) is 11.6 Å². The lowest BCUT2D eigenvalue weighted by atomic mass is 9.92. The van der Waals surface area contributed by atoms with Crippen molar-refractivity contribution in [3.05, 3.63) is 95.3 Å². The van der Waals surface area contributed by atoms with Gasteiger partial charge < -0.3 is 10.1 Å². The number of ether oxygens (including phenoxy) is 1. The average molecular weight is 483 g/mol. The summed E-state index contributed by atoms with van der Waals surface area (Å²) >= 11 is 0. The molecule has 0 radical (unpaired) electrons. The molecule has 0 saturated carbocycles. The van der Waals surface area contributed by atoms with Crippen LogP contribution < -0.4 is 10.1 Å². The van der Waals surface area contributed by atoms with Gasteiger partial charge >= 0.3 is 0 Å². The number of rotatable bonds is 8. The van der Waals surface area contributed by atoms with Gasteiger partial charge in [0, 0.05) is 19.5 Å². The lowest BCUT2D eigenvalue weighted by molar-refractivity contribution is -0.122. The van der Waals surface area contributed by atoms with E-state index in [1.807, 2.05) is 55.5 Å². The highest BCUT2D eigenvalue weighted by Crippen LogP contribution is 2.36. The number of halogens is 1. The Morgan fingerprint density at radius 2 is 1.76 bits per heavy atom. The maximum Gasteiger partial charge on any atom is 0.243 e. The third-order valence-corrected chi connectivity index (χ3v) is 7.81. The molecule has 0 aromatic heterocycles.